The zero-order valence-electron chi connectivity index (χ0n) is 19.9. The number of amides is 1. The molecule has 2 aromatic carbocycles. The van der Waals surface area contributed by atoms with Crippen molar-refractivity contribution in [1.29, 1.82) is 0 Å². The standard InChI is InChI=1S/C26H36N2O4/c1-6-7-8-9-14-31-24-13-10-21(16-25(24)30-5)17-27-28-26(29)18-32-22-11-12-23(19(2)3)20(4)15-22/h10-13,15-17,19H,6-9,14,18H2,1-5H3,(H,28,29)/b27-17+. The van der Waals surface area contributed by atoms with Crippen LogP contribution >= 0.6 is 0 Å². The molecule has 2 rings (SSSR count). The third-order valence-corrected chi connectivity index (χ3v) is 5.08. The number of hydrazone groups is 1. The molecule has 0 aliphatic carbocycles. The lowest BCUT2D eigenvalue weighted by Gasteiger charge is -2.12. The van der Waals surface area contributed by atoms with Gasteiger partial charge in [0.1, 0.15) is 5.75 Å². The van der Waals surface area contributed by atoms with Gasteiger partial charge in [-0.25, -0.2) is 5.43 Å². The number of rotatable bonds is 13. The number of benzene rings is 2. The van der Waals surface area contributed by atoms with E-state index < -0.39 is 0 Å². The number of carbonyl (C=O) groups excluding carboxylic acids is 1. The van der Waals surface area contributed by atoms with E-state index in [1.165, 1.54) is 18.4 Å². The molecule has 0 radical (unpaired) electrons. The maximum absolute atomic E-state index is 12.0. The maximum Gasteiger partial charge on any atom is 0.277 e. The normalized spacial score (nSPS) is 11.1. The van der Waals surface area contributed by atoms with Crippen LogP contribution in [0.2, 0.25) is 0 Å². The summed E-state index contributed by atoms with van der Waals surface area (Å²) in [7, 11) is 1.61. The molecule has 0 unspecified atom stereocenters. The van der Waals surface area contributed by atoms with E-state index in [0.717, 1.165) is 24.0 Å². The number of hydrogen-bond acceptors (Lipinski definition) is 5. The van der Waals surface area contributed by atoms with Crippen molar-refractivity contribution in [3.8, 4) is 17.2 Å². The highest BCUT2D eigenvalue weighted by atomic mass is 16.5. The van der Waals surface area contributed by atoms with E-state index in [1.807, 2.05) is 43.3 Å². The van der Waals surface area contributed by atoms with Crippen LogP contribution in [-0.4, -0.2) is 32.4 Å². The van der Waals surface area contributed by atoms with Gasteiger partial charge in [0.15, 0.2) is 18.1 Å². The Morgan fingerprint density at radius 3 is 2.56 bits per heavy atom. The molecule has 0 atom stereocenters. The first-order valence-electron chi connectivity index (χ1n) is 11.3. The van der Waals surface area contributed by atoms with Crippen molar-refractivity contribution in [2.75, 3.05) is 20.3 Å². The van der Waals surface area contributed by atoms with Crippen LogP contribution in [0.5, 0.6) is 17.2 Å². The molecule has 0 heterocycles. The summed E-state index contributed by atoms with van der Waals surface area (Å²) in [4.78, 5) is 12.0. The van der Waals surface area contributed by atoms with Crippen molar-refractivity contribution in [2.45, 2.75) is 59.3 Å². The fourth-order valence-corrected chi connectivity index (χ4v) is 3.34. The van der Waals surface area contributed by atoms with E-state index in [9.17, 15) is 4.79 Å². The average Bonchev–Trinajstić information content (AvgIpc) is 2.78. The van der Waals surface area contributed by atoms with Gasteiger partial charge in [-0.1, -0.05) is 46.1 Å². The number of hydrogen-bond donors (Lipinski definition) is 1. The summed E-state index contributed by atoms with van der Waals surface area (Å²) in [5.41, 5.74) is 5.70. The summed E-state index contributed by atoms with van der Waals surface area (Å²) in [6, 6.07) is 11.4. The molecule has 0 spiro atoms. The molecular formula is C26H36N2O4. The second-order valence-corrected chi connectivity index (χ2v) is 8.07. The van der Waals surface area contributed by atoms with Crippen molar-refractivity contribution >= 4 is 12.1 Å². The highest BCUT2D eigenvalue weighted by Crippen LogP contribution is 2.28. The van der Waals surface area contributed by atoms with Crippen molar-refractivity contribution in [3.63, 3.8) is 0 Å². The molecule has 174 valence electrons. The second-order valence-electron chi connectivity index (χ2n) is 8.07. The zero-order valence-corrected chi connectivity index (χ0v) is 19.9. The number of carbonyl (C=O) groups is 1. The Balaban J connectivity index is 1.82. The van der Waals surface area contributed by atoms with Crippen LogP contribution in [0.3, 0.4) is 0 Å². The lowest BCUT2D eigenvalue weighted by Crippen LogP contribution is -2.24. The van der Waals surface area contributed by atoms with Gasteiger partial charge in [0.05, 0.1) is 19.9 Å². The fraction of sp³-hybridized carbons (Fsp3) is 0.462. The Bertz CT molecular complexity index is 893. The van der Waals surface area contributed by atoms with Crippen molar-refractivity contribution in [3.05, 3.63) is 53.1 Å². The zero-order chi connectivity index (χ0) is 23.3. The molecule has 0 aliphatic heterocycles. The molecule has 32 heavy (non-hydrogen) atoms. The van der Waals surface area contributed by atoms with E-state index in [4.69, 9.17) is 14.2 Å². The van der Waals surface area contributed by atoms with Gasteiger partial charge in [0.25, 0.3) is 5.91 Å². The minimum absolute atomic E-state index is 0.105. The minimum Gasteiger partial charge on any atom is -0.493 e. The number of aryl methyl sites for hydroxylation is 1. The van der Waals surface area contributed by atoms with E-state index >= 15 is 0 Å². The van der Waals surface area contributed by atoms with Gasteiger partial charge in [-0.05, 0) is 66.3 Å². The van der Waals surface area contributed by atoms with Gasteiger partial charge in [-0.15, -0.1) is 0 Å². The molecule has 0 saturated carbocycles. The van der Waals surface area contributed by atoms with Gasteiger partial charge >= 0.3 is 0 Å². The van der Waals surface area contributed by atoms with Crippen LogP contribution in [0.25, 0.3) is 0 Å². The molecule has 1 amide bonds. The Kier molecular flexibility index (Phi) is 10.6. The third kappa shape index (κ3) is 8.25. The summed E-state index contributed by atoms with van der Waals surface area (Å²) in [6.07, 6.45) is 6.17. The highest BCUT2D eigenvalue weighted by Gasteiger charge is 2.07. The van der Waals surface area contributed by atoms with Crippen molar-refractivity contribution in [1.82, 2.24) is 5.43 Å². The Labute approximate surface area is 192 Å². The van der Waals surface area contributed by atoms with E-state index in [0.29, 0.717) is 29.8 Å². The summed E-state index contributed by atoms with van der Waals surface area (Å²) in [5, 5.41) is 4.01. The first-order valence-corrected chi connectivity index (χ1v) is 11.3. The van der Waals surface area contributed by atoms with E-state index in [2.05, 4.69) is 31.3 Å². The molecule has 6 heteroatoms. The SMILES string of the molecule is CCCCCCOc1ccc(/C=N/NC(=O)COc2ccc(C(C)C)c(C)c2)cc1OC. The second kappa shape index (κ2) is 13.4. The Morgan fingerprint density at radius 1 is 1.06 bits per heavy atom. The van der Waals surface area contributed by atoms with Gasteiger partial charge in [0.2, 0.25) is 0 Å². The topological polar surface area (TPSA) is 69.2 Å². The third-order valence-electron chi connectivity index (χ3n) is 5.08. The monoisotopic (exact) mass is 440 g/mol. The first kappa shape index (κ1) is 25.2. The van der Waals surface area contributed by atoms with Gasteiger partial charge in [0, 0.05) is 0 Å². The van der Waals surface area contributed by atoms with Crippen LogP contribution in [0, 0.1) is 6.92 Å². The Morgan fingerprint density at radius 2 is 1.88 bits per heavy atom. The summed E-state index contributed by atoms with van der Waals surface area (Å²) < 4.78 is 16.8. The fourth-order valence-electron chi connectivity index (χ4n) is 3.34. The van der Waals surface area contributed by atoms with Gasteiger partial charge in [-0.2, -0.15) is 5.10 Å². The van der Waals surface area contributed by atoms with Crippen LogP contribution in [0.1, 0.15) is 69.1 Å². The summed E-state index contributed by atoms with van der Waals surface area (Å²) in [5.74, 6) is 2.13. The van der Waals surface area contributed by atoms with Crippen LogP contribution in [0.15, 0.2) is 41.5 Å². The molecule has 0 aromatic heterocycles. The van der Waals surface area contributed by atoms with Crippen LogP contribution < -0.4 is 19.6 Å². The van der Waals surface area contributed by atoms with E-state index in [1.54, 1.807) is 13.3 Å². The number of nitrogens with one attached hydrogen (secondary N) is 1. The molecule has 0 fully saturated rings. The van der Waals surface area contributed by atoms with Crippen LogP contribution in [0.4, 0.5) is 0 Å². The molecule has 0 aliphatic rings. The summed E-state index contributed by atoms with van der Waals surface area (Å²) >= 11 is 0. The Hall–Kier alpha value is -3.02. The molecule has 1 N–H and O–H groups in total. The van der Waals surface area contributed by atoms with Crippen molar-refractivity contribution < 1.29 is 19.0 Å². The van der Waals surface area contributed by atoms with E-state index in [-0.39, 0.29) is 12.5 Å². The number of methoxy groups -OCH3 is 1. The number of unbranched alkanes of at least 4 members (excludes halogenated alkanes) is 3. The predicted molar refractivity (Wildman–Crippen MR) is 129 cm³/mol. The number of ether oxygens (including phenoxy) is 3. The maximum atomic E-state index is 12.0. The minimum atomic E-state index is -0.328. The predicted octanol–water partition coefficient (Wildman–Crippen LogP) is 5.62. The van der Waals surface area contributed by atoms with Crippen LogP contribution in [-0.2, 0) is 4.79 Å². The summed E-state index contributed by atoms with van der Waals surface area (Å²) in [6.45, 7) is 9.10. The molecular weight excluding hydrogens is 404 g/mol. The largest absolute Gasteiger partial charge is 0.493 e. The van der Waals surface area contributed by atoms with Gasteiger partial charge < -0.3 is 14.2 Å². The molecule has 0 saturated heterocycles. The quantitative estimate of drug-likeness (QED) is 0.249. The average molecular weight is 441 g/mol. The van der Waals surface area contributed by atoms with Crippen molar-refractivity contribution in [2.24, 2.45) is 5.10 Å². The smallest absolute Gasteiger partial charge is 0.277 e. The highest BCUT2D eigenvalue weighted by molar-refractivity contribution is 5.83. The first-order chi connectivity index (χ1) is 15.4. The lowest BCUT2D eigenvalue weighted by molar-refractivity contribution is -0.123. The molecule has 0 bridgehead atoms. The lowest BCUT2D eigenvalue weighted by atomic mass is 9.98. The number of nitrogens with zero attached hydrogens (tertiary/aromatic N) is 1. The molecule has 6 nitrogen and oxygen atoms in total. The molecule has 2 aromatic rings. The van der Waals surface area contributed by atoms with Gasteiger partial charge in [-0.3, -0.25) is 4.79 Å².